The van der Waals surface area contributed by atoms with Gasteiger partial charge >= 0.3 is 0 Å². The lowest BCUT2D eigenvalue weighted by Crippen LogP contribution is -2.38. The highest BCUT2D eigenvalue weighted by molar-refractivity contribution is 5.95. The third-order valence-electron chi connectivity index (χ3n) is 4.94. The number of fused-ring (bicyclic) bond motifs is 2. The molecule has 5 heteroatoms. The molecule has 120 valence electrons. The molecule has 2 aliphatic rings. The van der Waals surface area contributed by atoms with Crippen LogP contribution < -0.4 is 0 Å². The van der Waals surface area contributed by atoms with Crippen molar-refractivity contribution >= 4 is 5.91 Å². The summed E-state index contributed by atoms with van der Waals surface area (Å²) in [4.78, 5) is 14.3. The van der Waals surface area contributed by atoms with Crippen LogP contribution in [0, 0.1) is 28.3 Å². The van der Waals surface area contributed by atoms with E-state index in [9.17, 15) is 18.0 Å². The number of likely N-dealkylation sites (tertiary alicyclic amines) is 1. The van der Waals surface area contributed by atoms with Crippen molar-refractivity contribution in [3.05, 3.63) is 35.1 Å². The number of carbonyl (C=O) groups excluding carboxylic acids is 1. The van der Waals surface area contributed by atoms with Crippen LogP contribution in [-0.2, 0) is 0 Å². The van der Waals surface area contributed by atoms with Gasteiger partial charge in [0.2, 0.25) is 0 Å². The van der Waals surface area contributed by atoms with Crippen LogP contribution in [0.1, 0.15) is 50.4 Å². The Balaban J connectivity index is 1.93. The topological polar surface area (TPSA) is 20.3 Å². The van der Waals surface area contributed by atoms with Crippen molar-refractivity contribution < 1.29 is 18.0 Å². The highest BCUT2D eigenvalue weighted by atomic mass is 19.2. The molecule has 22 heavy (non-hydrogen) atoms. The lowest BCUT2D eigenvalue weighted by Gasteiger charge is -2.39. The normalized spacial score (nSPS) is 29.7. The van der Waals surface area contributed by atoms with Gasteiger partial charge in [0, 0.05) is 12.6 Å². The highest BCUT2D eigenvalue weighted by Gasteiger charge is 2.51. The number of hydrogen-bond donors (Lipinski definition) is 0. The molecular weight excluding hydrogens is 291 g/mol. The molecule has 0 spiro atoms. The van der Waals surface area contributed by atoms with Crippen molar-refractivity contribution in [2.45, 2.75) is 46.1 Å². The molecule has 2 nitrogen and oxygen atoms in total. The van der Waals surface area contributed by atoms with Gasteiger partial charge in [0.1, 0.15) is 0 Å². The van der Waals surface area contributed by atoms with Crippen molar-refractivity contribution in [3.63, 3.8) is 0 Å². The molecule has 2 fully saturated rings. The molecule has 1 aromatic rings. The van der Waals surface area contributed by atoms with Crippen molar-refractivity contribution in [2.24, 2.45) is 10.8 Å². The largest absolute Gasteiger partial charge is 0.335 e. The number of amides is 1. The van der Waals surface area contributed by atoms with Crippen LogP contribution in [-0.4, -0.2) is 23.4 Å². The first kappa shape index (κ1) is 15.4. The summed E-state index contributed by atoms with van der Waals surface area (Å²) in [5, 5.41) is 0. The molecule has 2 unspecified atom stereocenters. The predicted octanol–water partition coefficient (Wildman–Crippen LogP) is 4.14. The summed E-state index contributed by atoms with van der Waals surface area (Å²) in [6, 6.07) is 1.87. The van der Waals surface area contributed by atoms with E-state index in [1.54, 1.807) is 4.90 Å². The Hall–Kier alpha value is -1.52. The number of nitrogens with zero attached hydrogens (tertiary/aromatic N) is 1. The van der Waals surface area contributed by atoms with Crippen LogP contribution in [0.15, 0.2) is 12.1 Å². The first-order valence-electron chi connectivity index (χ1n) is 7.56. The third-order valence-corrected chi connectivity index (χ3v) is 4.94. The molecule has 1 saturated carbocycles. The SMILES string of the molecule is CC1(C)CC2CC(C)(CN2C(=O)c2ccc(F)c(F)c2F)C1. The second-order valence-electron chi connectivity index (χ2n) is 7.87. The van der Waals surface area contributed by atoms with E-state index in [1.165, 1.54) is 0 Å². The molecule has 1 heterocycles. The number of carbonyl (C=O) groups is 1. The van der Waals surface area contributed by atoms with E-state index < -0.39 is 23.4 Å². The molecule has 0 aromatic heterocycles. The zero-order valence-electron chi connectivity index (χ0n) is 13.0. The summed E-state index contributed by atoms with van der Waals surface area (Å²) in [5.74, 6) is -4.79. The average molecular weight is 311 g/mol. The van der Waals surface area contributed by atoms with Crippen molar-refractivity contribution in [1.29, 1.82) is 0 Å². The van der Waals surface area contributed by atoms with Crippen molar-refractivity contribution in [3.8, 4) is 0 Å². The molecule has 1 aliphatic heterocycles. The van der Waals surface area contributed by atoms with Gasteiger partial charge in [-0.3, -0.25) is 4.79 Å². The Bertz CT molecular complexity index is 643. The molecule has 0 N–H and O–H groups in total. The standard InChI is InChI=1S/C17H20F3NO/c1-16(2)6-10-7-17(3,8-16)9-21(10)15(22)11-4-5-12(18)14(20)13(11)19/h4-5,10H,6-9H2,1-3H3. The fourth-order valence-electron chi connectivity index (χ4n) is 4.54. The molecule has 1 aromatic carbocycles. The van der Waals surface area contributed by atoms with Gasteiger partial charge in [-0.05, 0) is 42.2 Å². The maximum absolute atomic E-state index is 13.9. The first-order chi connectivity index (χ1) is 10.1. The summed E-state index contributed by atoms with van der Waals surface area (Å²) in [7, 11) is 0. The number of benzene rings is 1. The summed E-state index contributed by atoms with van der Waals surface area (Å²) in [6.45, 7) is 7.02. The van der Waals surface area contributed by atoms with Gasteiger partial charge in [0.05, 0.1) is 5.56 Å². The minimum absolute atomic E-state index is 0.0110. The molecule has 2 bridgehead atoms. The second-order valence-corrected chi connectivity index (χ2v) is 7.87. The number of hydrogen-bond acceptors (Lipinski definition) is 1. The molecule has 2 atom stereocenters. The van der Waals surface area contributed by atoms with E-state index in [0.29, 0.717) is 6.54 Å². The van der Waals surface area contributed by atoms with E-state index in [0.717, 1.165) is 31.4 Å². The first-order valence-corrected chi connectivity index (χ1v) is 7.56. The summed E-state index contributed by atoms with van der Waals surface area (Å²) in [5.41, 5.74) is -0.246. The third kappa shape index (κ3) is 2.40. The molecule has 1 aliphatic carbocycles. The van der Waals surface area contributed by atoms with Crippen LogP contribution in [0.4, 0.5) is 13.2 Å². The monoisotopic (exact) mass is 311 g/mol. The van der Waals surface area contributed by atoms with Gasteiger partial charge in [-0.25, -0.2) is 13.2 Å². The predicted molar refractivity (Wildman–Crippen MR) is 76.9 cm³/mol. The van der Waals surface area contributed by atoms with Crippen LogP contribution in [0.2, 0.25) is 0 Å². The Kier molecular flexibility index (Phi) is 3.31. The van der Waals surface area contributed by atoms with Gasteiger partial charge in [-0.2, -0.15) is 0 Å². The van der Waals surface area contributed by atoms with E-state index in [1.807, 2.05) is 0 Å². The summed E-state index contributed by atoms with van der Waals surface area (Å²) < 4.78 is 40.3. The second kappa shape index (κ2) is 4.74. The number of halogens is 3. The Morgan fingerprint density at radius 2 is 1.82 bits per heavy atom. The average Bonchev–Trinajstić information content (AvgIpc) is 2.65. The van der Waals surface area contributed by atoms with Crippen LogP contribution >= 0.6 is 0 Å². The Labute approximate surface area is 128 Å². The van der Waals surface area contributed by atoms with E-state index in [-0.39, 0.29) is 22.4 Å². The molecule has 3 rings (SSSR count). The maximum Gasteiger partial charge on any atom is 0.257 e. The lowest BCUT2D eigenvalue weighted by atomic mass is 9.65. The van der Waals surface area contributed by atoms with Gasteiger partial charge in [0.15, 0.2) is 17.5 Å². The van der Waals surface area contributed by atoms with Gasteiger partial charge in [-0.15, -0.1) is 0 Å². The van der Waals surface area contributed by atoms with Gasteiger partial charge in [0.25, 0.3) is 5.91 Å². The summed E-state index contributed by atoms with van der Waals surface area (Å²) >= 11 is 0. The zero-order valence-corrected chi connectivity index (χ0v) is 13.0. The quantitative estimate of drug-likeness (QED) is 0.714. The molecular formula is C17H20F3NO. The fourth-order valence-corrected chi connectivity index (χ4v) is 4.54. The highest BCUT2D eigenvalue weighted by Crippen LogP contribution is 2.52. The van der Waals surface area contributed by atoms with E-state index in [4.69, 9.17) is 0 Å². The van der Waals surface area contributed by atoms with Gasteiger partial charge in [-0.1, -0.05) is 20.8 Å². The van der Waals surface area contributed by atoms with Gasteiger partial charge < -0.3 is 4.90 Å². The zero-order chi connectivity index (χ0) is 16.3. The van der Waals surface area contributed by atoms with Crippen molar-refractivity contribution in [2.75, 3.05) is 6.54 Å². The van der Waals surface area contributed by atoms with E-state index in [2.05, 4.69) is 20.8 Å². The van der Waals surface area contributed by atoms with Crippen LogP contribution in [0.5, 0.6) is 0 Å². The Morgan fingerprint density at radius 3 is 2.50 bits per heavy atom. The number of rotatable bonds is 1. The maximum atomic E-state index is 13.9. The van der Waals surface area contributed by atoms with Crippen molar-refractivity contribution in [1.82, 2.24) is 4.90 Å². The fraction of sp³-hybridized carbons (Fsp3) is 0.588. The van der Waals surface area contributed by atoms with Crippen LogP contribution in [0.3, 0.4) is 0 Å². The molecule has 1 amide bonds. The summed E-state index contributed by atoms with van der Waals surface area (Å²) in [6.07, 6.45) is 2.73. The molecule has 1 saturated heterocycles. The minimum atomic E-state index is -1.58. The van der Waals surface area contributed by atoms with Crippen LogP contribution in [0.25, 0.3) is 0 Å². The smallest absolute Gasteiger partial charge is 0.257 e. The molecule has 0 radical (unpaired) electrons. The van der Waals surface area contributed by atoms with E-state index >= 15 is 0 Å². The Morgan fingerprint density at radius 1 is 1.14 bits per heavy atom. The lowest BCUT2D eigenvalue weighted by molar-refractivity contribution is 0.0702. The minimum Gasteiger partial charge on any atom is -0.335 e.